The number of hydrogen-bond acceptors (Lipinski definition) is 8. The van der Waals surface area contributed by atoms with Gasteiger partial charge in [0.05, 0.1) is 16.9 Å². The summed E-state index contributed by atoms with van der Waals surface area (Å²) in [7, 11) is 1.95. The standard InChI is InChI=1S/C32H36FN7O2S/c1-7-24-28(37(6)29-35-27(26(16-34)43-29)21-8-10-22(33)11-9-21)25-15-23(14-20(2)40(25)36-24)39-18-32(19-39)12-13-38(17-32)30(41)42-31(3,4)5/h8-11,14-15H,7,12-13,17-19H2,1-6H3. The molecular formula is C32H36FN7O2S. The summed E-state index contributed by atoms with van der Waals surface area (Å²) in [6.07, 6.45) is 1.46. The van der Waals surface area contributed by atoms with E-state index in [-0.39, 0.29) is 17.3 Å². The van der Waals surface area contributed by atoms with Gasteiger partial charge in [0.15, 0.2) is 5.13 Å². The number of carbonyl (C=O) groups excluding carboxylic acids is 1. The van der Waals surface area contributed by atoms with Gasteiger partial charge < -0.3 is 19.4 Å². The maximum absolute atomic E-state index is 13.6. The third kappa shape index (κ3) is 5.29. The molecule has 0 N–H and O–H groups in total. The third-order valence-corrected chi connectivity index (χ3v) is 9.28. The fourth-order valence-corrected chi connectivity index (χ4v) is 7.01. The number of fused-ring (bicyclic) bond motifs is 1. The first kappa shape index (κ1) is 28.9. The van der Waals surface area contributed by atoms with Gasteiger partial charge in [0.2, 0.25) is 0 Å². The molecule has 3 aromatic heterocycles. The summed E-state index contributed by atoms with van der Waals surface area (Å²) in [5.41, 5.74) is 5.81. The van der Waals surface area contributed by atoms with Crippen molar-refractivity contribution in [2.24, 2.45) is 5.41 Å². The zero-order valence-corrected chi connectivity index (χ0v) is 26.3. The van der Waals surface area contributed by atoms with Crippen LogP contribution in [0.2, 0.25) is 0 Å². The van der Waals surface area contributed by atoms with E-state index in [4.69, 9.17) is 14.8 Å². The number of ether oxygens (including phenoxy) is 1. The van der Waals surface area contributed by atoms with Crippen molar-refractivity contribution in [2.75, 3.05) is 43.0 Å². The number of benzene rings is 1. The van der Waals surface area contributed by atoms with E-state index in [0.29, 0.717) is 27.8 Å². The number of aromatic nitrogens is 3. The van der Waals surface area contributed by atoms with E-state index in [1.54, 1.807) is 12.1 Å². The van der Waals surface area contributed by atoms with Gasteiger partial charge in [-0.1, -0.05) is 18.3 Å². The minimum atomic E-state index is -0.504. The Labute approximate surface area is 255 Å². The van der Waals surface area contributed by atoms with E-state index in [9.17, 15) is 14.4 Å². The second-order valence-corrected chi connectivity index (χ2v) is 13.6. The first-order chi connectivity index (χ1) is 20.4. The fourth-order valence-electron chi connectivity index (χ4n) is 6.16. The number of nitriles is 1. The highest BCUT2D eigenvalue weighted by molar-refractivity contribution is 7.16. The highest BCUT2D eigenvalue weighted by Crippen LogP contribution is 2.44. The molecule has 2 aliphatic rings. The van der Waals surface area contributed by atoms with Crippen LogP contribution in [0, 0.1) is 29.5 Å². The molecule has 0 unspecified atom stereocenters. The van der Waals surface area contributed by atoms with E-state index < -0.39 is 5.60 Å². The molecule has 1 aromatic carbocycles. The number of nitrogens with zero attached hydrogens (tertiary/aromatic N) is 7. The summed E-state index contributed by atoms with van der Waals surface area (Å²) in [5, 5.41) is 15.5. The molecular weight excluding hydrogens is 565 g/mol. The van der Waals surface area contributed by atoms with Crippen LogP contribution < -0.4 is 9.80 Å². The molecule has 11 heteroatoms. The van der Waals surface area contributed by atoms with E-state index in [0.717, 1.165) is 60.8 Å². The molecule has 2 fully saturated rings. The Hall–Kier alpha value is -4.17. The number of hydrogen-bond donors (Lipinski definition) is 0. The molecule has 4 aromatic rings. The number of halogens is 1. The van der Waals surface area contributed by atoms with Crippen molar-refractivity contribution in [1.29, 1.82) is 5.26 Å². The summed E-state index contributed by atoms with van der Waals surface area (Å²) in [6, 6.07) is 12.7. The summed E-state index contributed by atoms with van der Waals surface area (Å²) < 4.78 is 21.1. The second kappa shape index (κ2) is 10.5. The lowest BCUT2D eigenvalue weighted by molar-refractivity contribution is 0.0265. The van der Waals surface area contributed by atoms with Crippen molar-refractivity contribution in [3.63, 3.8) is 0 Å². The molecule has 9 nitrogen and oxygen atoms in total. The van der Waals surface area contributed by atoms with Gasteiger partial charge in [0, 0.05) is 55.6 Å². The number of thiazole rings is 1. The molecule has 0 bridgehead atoms. The number of amides is 1. The average Bonchev–Trinajstić information content (AvgIpc) is 3.66. The Balaban J connectivity index is 1.28. The molecule has 0 atom stereocenters. The summed E-state index contributed by atoms with van der Waals surface area (Å²) >= 11 is 1.31. The molecule has 224 valence electrons. The van der Waals surface area contributed by atoms with Crippen LogP contribution in [0.25, 0.3) is 16.8 Å². The van der Waals surface area contributed by atoms with Crippen LogP contribution in [-0.4, -0.2) is 64.4 Å². The summed E-state index contributed by atoms with van der Waals surface area (Å²) in [4.78, 5) is 24.2. The second-order valence-electron chi connectivity index (χ2n) is 12.7. The van der Waals surface area contributed by atoms with Gasteiger partial charge in [-0.2, -0.15) is 10.4 Å². The lowest BCUT2D eigenvalue weighted by atomic mass is 9.78. The van der Waals surface area contributed by atoms with Gasteiger partial charge in [-0.05, 0) is 76.9 Å². The summed E-state index contributed by atoms with van der Waals surface area (Å²) in [5.74, 6) is -0.332. The predicted molar refractivity (Wildman–Crippen MR) is 167 cm³/mol. The molecule has 2 aliphatic heterocycles. The van der Waals surface area contributed by atoms with Crippen molar-refractivity contribution in [2.45, 2.75) is 53.1 Å². The molecule has 0 aliphatic carbocycles. The van der Waals surface area contributed by atoms with Crippen LogP contribution in [-0.2, 0) is 11.2 Å². The van der Waals surface area contributed by atoms with Crippen LogP contribution in [0.4, 0.5) is 25.7 Å². The van der Waals surface area contributed by atoms with Crippen molar-refractivity contribution in [1.82, 2.24) is 19.5 Å². The molecule has 1 spiro atoms. The van der Waals surface area contributed by atoms with E-state index in [1.165, 1.54) is 23.5 Å². The van der Waals surface area contributed by atoms with Crippen LogP contribution in [0.5, 0.6) is 0 Å². The van der Waals surface area contributed by atoms with Gasteiger partial charge >= 0.3 is 6.09 Å². The van der Waals surface area contributed by atoms with Crippen LogP contribution >= 0.6 is 11.3 Å². The van der Waals surface area contributed by atoms with Crippen LogP contribution in [0.3, 0.4) is 0 Å². The van der Waals surface area contributed by atoms with Crippen LogP contribution in [0.15, 0.2) is 36.4 Å². The van der Waals surface area contributed by atoms with Crippen molar-refractivity contribution in [3.05, 3.63) is 58.5 Å². The Morgan fingerprint density at radius 3 is 2.58 bits per heavy atom. The average molecular weight is 602 g/mol. The van der Waals surface area contributed by atoms with Crippen molar-refractivity contribution < 1.29 is 13.9 Å². The molecule has 2 saturated heterocycles. The minimum Gasteiger partial charge on any atom is -0.444 e. The lowest BCUT2D eigenvalue weighted by Crippen LogP contribution is -2.58. The quantitative estimate of drug-likeness (QED) is 0.256. The largest absolute Gasteiger partial charge is 0.444 e. The van der Waals surface area contributed by atoms with Crippen molar-refractivity contribution >= 4 is 39.5 Å². The van der Waals surface area contributed by atoms with Gasteiger partial charge in [0.1, 0.15) is 28.1 Å². The van der Waals surface area contributed by atoms with Crippen LogP contribution in [0.1, 0.15) is 50.4 Å². The monoisotopic (exact) mass is 601 g/mol. The number of carbonyl (C=O) groups is 1. The number of rotatable bonds is 5. The van der Waals surface area contributed by atoms with E-state index >= 15 is 0 Å². The fraction of sp³-hybridized carbons (Fsp3) is 0.438. The molecule has 5 heterocycles. The van der Waals surface area contributed by atoms with E-state index in [1.807, 2.05) is 42.1 Å². The highest BCUT2D eigenvalue weighted by atomic mass is 32.1. The third-order valence-electron chi connectivity index (χ3n) is 8.24. The zero-order valence-electron chi connectivity index (χ0n) is 25.4. The van der Waals surface area contributed by atoms with E-state index in [2.05, 4.69) is 36.9 Å². The first-order valence-electron chi connectivity index (χ1n) is 14.6. The Bertz CT molecular complexity index is 1740. The molecule has 0 saturated carbocycles. The van der Waals surface area contributed by atoms with Gasteiger partial charge in [-0.25, -0.2) is 18.7 Å². The van der Waals surface area contributed by atoms with Crippen molar-refractivity contribution in [3.8, 4) is 17.3 Å². The molecule has 6 rings (SSSR count). The lowest BCUT2D eigenvalue weighted by Gasteiger charge is -2.49. The number of anilines is 3. The van der Waals surface area contributed by atoms with Gasteiger partial charge in [0.25, 0.3) is 0 Å². The molecule has 1 amide bonds. The molecule has 43 heavy (non-hydrogen) atoms. The topological polar surface area (TPSA) is 90.0 Å². The maximum Gasteiger partial charge on any atom is 0.410 e. The first-order valence-corrected chi connectivity index (χ1v) is 15.4. The molecule has 0 radical (unpaired) electrons. The highest BCUT2D eigenvalue weighted by Gasteiger charge is 2.49. The number of aryl methyl sites for hydroxylation is 2. The maximum atomic E-state index is 13.6. The minimum absolute atomic E-state index is 0.0801. The number of likely N-dealkylation sites (tertiary alicyclic amines) is 1. The Morgan fingerprint density at radius 2 is 1.93 bits per heavy atom. The SMILES string of the molecule is CCc1nn2c(C)cc(N3CC4(CCN(C(=O)OC(C)(C)C)C4)C3)cc2c1N(C)c1nc(-c2ccc(F)cc2)c(C#N)s1. The van der Waals surface area contributed by atoms with Gasteiger partial charge in [-0.15, -0.1) is 0 Å². The summed E-state index contributed by atoms with van der Waals surface area (Å²) in [6.45, 7) is 13.0. The Kier molecular flexibility index (Phi) is 7.08. The Morgan fingerprint density at radius 1 is 1.21 bits per heavy atom. The predicted octanol–water partition coefficient (Wildman–Crippen LogP) is 6.55. The van der Waals surface area contributed by atoms with Gasteiger partial charge in [-0.3, -0.25) is 0 Å². The normalized spacial score (nSPS) is 16.0. The smallest absolute Gasteiger partial charge is 0.410 e. The number of pyridine rings is 1. The zero-order chi connectivity index (χ0) is 30.7.